The van der Waals surface area contributed by atoms with Gasteiger partial charge < -0.3 is 10.2 Å². The van der Waals surface area contributed by atoms with Gasteiger partial charge in [0.05, 0.1) is 0 Å². The van der Waals surface area contributed by atoms with Gasteiger partial charge in [0.25, 0.3) is 5.91 Å². The summed E-state index contributed by atoms with van der Waals surface area (Å²) in [5, 5.41) is 2.97. The van der Waals surface area contributed by atoms with Gasteiger partial charge in [-0.2, -0.15) is 0 Å². The predicted molar refractivity (Wildman–Crippen MR) is 112 cm³/mol. The highest BCUT2D eigenvalue weighted by atomic mass is 16.2. The van der Waals surface area contributed by atoms with Crippen LogP contribution in [0.3, 0.4) is 0 Å². The van der Waals surface area contributed by atoms with Crippen LogP contribution in [-0.4, -0.2) is 35.8 Å². The molecule has 4 nitrogen and oxygen atoms in total. The summed E-state index contributed by atoms with van der Waals surface area (Å²) in [4.78, 5) is 27.7. The van der Waals surface area contributed by atoms with E-state index >= 15 is 0 Å². The molecule has 1 heterocycles. The third-order valence-corrected chi connectivity index (χ3v) is 5.58. The van der Waals surface area contributed by atoms with E-state index in [4.69, 9.17) is 0 Å². The zero-order valence-corrected chi connectivity index (χ0v) is 17.0. The van der Waals surface area contributed by atoms with Gasteiger partial charge >= 0.3 is 0 Å². The standard InChI is InChI=1S/C24H30N2O2/c1-17(2)22(25-23(27)21-11-7-8-18(3)16-21)24(28)26-14-12-20(13-15-26)19-9-5-4-6-10-19/h4-11,16-17,20,22H,12-15H2,1-3H3,(H,25,27). The van der Waals surface area contributed by atoms with Crippen molar-refractivity contribution in [2.45, 2.75) is 45.6 Å². The number of benzene rings is 2. The molecule has 1 saturated heterocycles. The first-order chi connectivity index (χ1) is 13.5. The van der Waals surface area contributed by atoms with Crippen LogP contribution in [0, 0.1) is 12.8 Å². The Morgan fingerprint density at radius 3 is 2.29 bits per heavy atom. The van der Waals surface area contributed by atoms with Gasteiger partial charge in [-0.3, -0.25) is 9.59 Å². The minimum Gasteiger partial charge on any atom is -0.341 e. The van der Waals surface area contributed by atoms with Crippen LogP contribution in [0.2, 0.25) is 0 Å². The van der Waals surface area contributed by atoms with Crippen molar-refractivity contribution in [3.8, 4) is 0 Å². The lowest BCUT2D eigenvalue weighted by molar-refractivity contribution is -0.135. The molecule has 1 N–H and O–H groups in total. The van der Waals surface area contributed by atoms with Crippen molar-refractivity contribution < 1.29 is 9.59 Å². The maximum Gasteiger partial charge on any atom is 0.251 e. The molecule has 0 saturated carbocycles. The van der Waals surface area contributed by atoms with Crippen LogP contribution in [0.25, 0.3) is 0 Å². The number of carbonyl (C=O) groups excluding carboxylic acids is 2. The fraction of sp³-hybridized carbons (Fsp3) is 0.417. The molecule has 0 aliphatic carbocycles. The molecule has 0 spiro atoms. The number of piperidine rings is 1. The van der Waals surface area contributed by atoms with Crippen molar-refractivity contribution in [1.82, 2.24) is 10.2 Å². The van der Waals surface area contributed by atoms with Crippen molar-refractivity contribution in [1.29, 1.82) is 0 Å². The fourth-order valence-electron chi connectivity index (χ4n) is 3.88. The molecule has 2 amide bonds. The van der Waals surface area contributed by atoms with Crippen molar-refractivity contribution in [2.24, 2.45) is 5.92 Å². The zero-order chi connectivity index (χ0) is 20.1. The molecular weight excluding hydrogens is 348 g/mol. The lowest BCUT2D eigenvalue weighted by atomic mass is 9.89. The molecule has 1 aliphatic rings. The van der Waals surface area contributed by atoms with E-state index in [9.17, 15) is 9.59 Å². The maximum atomic E-state index is 13.1. The Hall–Kier alpha value is -2.62. The second kappa shape index (κ2) is 9.05. The molecule has 4 heteroatoms. The summed E-state index contributed by atoms with van der Waals surface area (Å²) in [5.74, 6) is 0.384. The van der Waals surface area contributed by atoms with E-state index in [0.29, 0.717) is 11.5 Å². The second-order valence-corrected chi connectivity index (χ2v) is 8.07. The normalized spacial score (nSPS) is 16.1. The number of nitrogens with zero attached hydrogens (tertiary/aromatic N) is 1. The number of rotatable bonds is 5. The summed E-state index contributed by atoms with van der Waals surface area (Å²) in [6, 6.07) is 17.5. The number of hydrogen-bond donors (Lipinski definition) is 1. The highest BCUT2D eigenvalue weighted by Crippen LogP contribution is 2.28. The minimum absolute atomic E-state index is 0.0301. The van der Waals surface area contributed by atoms with Gasteiger partial charge in [0.15, 0.2) is 0 Å². The second-order valence-electron chi connectivity index (χ2n) is 8.07. The molecule has 0 radical (unpaired) electrons. The van der Waals surface area contributed by atoms with Crippen molar-refractivity contribution in [3.63, 3.8) is 0 Å². The quantitative estimate of drug-likeness (QED) is 0.849. The topological polar surface area (TPSA) is 49.4 Å². The first-order valence-electron chi connectivity index (χ1n) is 10.2. The molecule has 1 fully saturated rings. The number of aryl methyl sites for hydroxylation is 1. The van der Waals surface area contributed by atoms with Crippen LogP contribution in [0.4, 0.5) is 0 Å². The largest absolute Gasteiger partial charge is 0.341 e. The molecule has 148 valence electrons. The van der Waals surface area contributed by atoms with Gasteiger partial charge in [0.1, 0.15) is 6.04 Å². The number of hydrogen-bond acceptors (Lipinski definition) is 2. The SMILES string of the molecule is Cc1cccc(C(=O)NC(C(=O)N2CCC(c3ccccc3)CC2)C(C)C)c1. The van der Waals surface area contributed by atoms with Crippen molar-refractivity contribution >= 4 is 11.8 Å². The molecule has 1 aliphatic heterocycles. The molecule has 0 aromatic heterocycles. The summed E-state index contributed by atoms with van der Waals surface area (Å²) < 4.78 is 0. The highest BCUT2D eigenvalue weighted by molar-refractivity contribution is 5.97. The number of likely N-dealkylation sites (tertiary alicyclic amines) is 1. The molecule has 3 rings (SSSR count). The predicted octanol–water partition coefficient (Wildman–Crippen LogP) is 4.16. The van der Waals surface area contributed by atoms with Crippen molar-refractivity contribution in [3.05, 3.63) is 71.3 Å². The average Bonchev–Trinajstić information content (AvgIpc) is 2.72. The summed E-state index contributed by atoms with van der Waals surface area (Å²) >= 11 is 0. The van der Waals surface area contributed by atoms with Gasteiger partial charge in [0.2, 0.25) is 5.91 Å². The molecular formula is C24H30N2O2. The minimum atomic E-state index is -0.499. The van der Waals surface area contributed by atoms with Crippen LogP contribution in [0.5, 0.6) is 0 Å². The Bertz CT molecular complexity index is 808. The summed E-state index contributed by atoms with van der Waals surface area (Å²) in [6.07, 6.45) is 1.93. The fourth-order valence-corrected chi connectivity index (χ4v) is 3.88. The highest BCUT2D eigenvalue weighted by Gasteiger charge is 2.31. The first kappa shape index (κ1) is 20.1. The van der Waals surface area contributed by atoms with Crippen LogP contribution >= 0.6 is 0 Å². The number of nitrogens with one attached hydrogen (secondary N) is 1. The van der Waals surface area contributed by atoms with Crippen LogP contribution in [0.15, 0.2) is 54.6 Å². The monoisotopic (exact) mass is 378 g/mol. The zero-order valence-electron chi connectivity index (χ0n) is 17.0. The molecule has 0 bridgehead atoms. The van der Waals surface area contributed by atoms with E-state index in [1.54, 1.807) is 6.07 Å². The average molecular weight is 379 g/mol. The third-order valence-electron chi connectivity index (χ3n) is 5.58. The van der Waals surface area contributed by atoms with Gasteiger partial charge in [-0.25, -0.2) is 0 Å². The Morgan fingerprint density at radius 1 is 1.00 bits per heavy atom. The van der Waals surface area contributed by atoms with E-state index in [-0.39, 0.29) is 17.7 Å². The molecule has 28 heavy (non-hydrogen) atoms. The van der Waals surface area contributed by atoms with Crippen LogP contribution < -0.4 is 5.32 Å². The summed E-state index contributed by atoms with van der Waals surface area (Å²) in [7, 11) is 0. The Kier molecular flexibility index (Phi) is 6.50. The van der Waals surface area contributed by atoms with Crippen molar-refractivity contribution in [2.75, 3.05) is 13.1 Å². The van der Waals surface area contributed by atoms with Gasteiger partial charge in [-0.1, -0.05) is 61.9 Å². The first-order valence-corrected chi connectivity index (χ1v) is 10.2. The number of amides is 2. The van der Waals surface area contributed by atoms with Gasteiger partial charge in [-0.15, -0.1) is 0 Å². The smallest absolute Gasteiger partial charge is 0.251 e. The summed E-state index contributed by atoms with van der Waals surface area (Å²) in [5.41, 5.74) is 2.98. The maximum absolute atomic E-state index is 13.1. The lowest BCUT2D eigenvalue weighted by Crippen LogP contribution is -2.52. The van der Waals surface area contributed by atoms with Gasteiger partial charge in [0, 0.05) is 18.7 Å². The molecule has 1 atom stereocenters. The van der Waals surface area contributed by atoms with Crippen LogP contribution in [-0.2, 0) is 4.79 Å². The van der Waals surface area contributed by atoms with Gasteiger partial charge in [-0.05, 0) is 49.3 Å². The molecule has 1 unspecified atom stereocenters. The Balaban J connectivity index is 1.63. The molecule has 2 aromatic rings. The number of carbonyl (C=O) groups is 2. The molecule has 2 aromatic carbocycles. The van der Waals surface area contributed by atoms with E-state index in [1.807, 2.05) is 49.9 Å². The van der Waals surface area contributed by atoms with E-state index in [2.05, 4.69) is 29.6 Å². The van der Waals surface area contributed by atoms with E-state index in [0.717, 1.165) is 31.5 Å². The van der Waals surface area contributed by atoms with E-state index < -0.39 is 6.04 Å². The lowest BCUT2D eigenvalue weighted by Gasteiger charge is -2.35. The Morgan fingerprint density at radius 2 is 1.68 bits per heavy atom. The van der Waals surface area contributed by atoms with Crippen LogP contribution in [0.1, 0.15) is 54.1 Å². The summed E-state index contributed by atoms with van der Waals surface area (Å²) in [6.45, 7) is 7.40. The van der Waals surface area contributed by atoms with E-state index in [1.165, 1.54) is 5.56 Å². The Labute approximate surface area is 167 Å². The third kappa shape index (κ3) is 4.80.